The number of rotatable bonds is 5. The van der Waals surface area contributed by atoms with Crippen LogP contribution in [0, 0.1) is 0 Å². The molecule has 1 aromatic carbocycles. The third-order valence-corrected chi connectivity index (χ3v) is 4.28. The van der Waals surface area contributed by atoms with Crippen molar-refractivity contribution < 1.29 is 4.79 Å². The molecule has 1 heterocycles. The molecule has 0 saturated carbocycles. The summed E-state index contributed by atoms with van der Waals surface area (Å²) in [6.07, 6.45) is 3.78. The van der Waals surface area contributed by atoms with E-state index in [-0.39, 0.29) is 5.91 Å². The third-order valence-electron chi connectivity index (χ3n) is 3.08. The van der Waals surface area contributed by atoms with E-state index in [4.69, 9.17) is 5.73 Å². The zero-order chi connectivity index (χ0) is 12.8. The molecule has 18 heavy (non-hydrogen) atoms. The van der Waals surface area contributed by atoms with E-state index in [1.54, 1.807) is 0 Å². The number of benzene rings is 1. The maximum Gasteiger partial charge on any atom is 0.221 e. The second-order valence-corrected chi connectivity index (χ2v) is 5.67. The summed E-state index contributed by atoms with van der Waals surface area (Å²) in [4.78, 5) is 12.7. The maximum absolute atomic E-state index is 11.3. The Labute approximate surface area is 113 Å². The van der Waals surface area contributed by atoms with Crippen LogP contribution in [0.15, 0.2) is 23.1 Å². The van der Waals surface area contributed by atoms with Gasteiger partial charge in [0.1, 0.15) is 0 Å². The average Bonchev–Trinajstić information content (AvgIpc) is 2.39. The number of carbonyl (C=O) groups excluding carboxylic acids is 1. The Morgan fingerprint density at radius 3 is 3.17 bits per heavy atom. The fourth-order valence-corrected chi connectivity index (χ4v) is 3.15. The van der Waals surface area contributed by atoms with Crippen molar-refractivity contribution in [2.45, 2.75) is 30.6 Å². The first-order chi connectivity index (χ1) is 8.79. The highest BCUT2D eigenvalue weighted by molar-refractivity contribution is 7.99. The van der Waals surface area contributed by atoms with Gasteiger partial charge in [0.15, 0.2) is 0 Å². The van der Waals surface area contributed by atoms with Gasteiger partial charge in [0.2, 0.25) is 5.91 Å². The van der Waals surface area contributed by atoms with Crippen LogP contribution < -0.4 is 11.1 Å². The fourth-order valence-electron chi connectivity index (χ4n) is 2.13. The Bertz CT molecular complexity index is 420. The molecule has 0 aromatic heterocycles. The molecule has 0 radical (unpaired) electrons. The van der Waals surface area contributed by atoms with E-state index < -0.39 is 0 Å². The Morgan fingerprint density at radius 1 is 1.44 bits per heavy atom. The number of amides is 1. The van der Waals surface area contributed by atoms with Gasteiger partial charge >= 0.3 is 0 Å². The van der Waals surface area contributed by atoms with Crippen LogP contribution in [-0.2, 0) is 17.6 Å². The van der Waals surface area contributed by atoms with Crippen molar-refractivity contribution in [3.63, 3.8) is 0 Å². The first-order valence-electron chi connectivity index (χ1n) is 6.51. The molecule has 0 bridgehead atoms. The second kappa shape index (κ2) is 6.81. The minimum Gasteiger partial charge on any atom is -0.356 e. The van der Waals surface area contributed by atoms with Crippen LogP contribution in [0.2, 0.25) is 0 Å². The molecule has 4 heteroatoms. The van der Waals surface area contributed by atoms with Crippen LogP contribution >= 0.6 is 11.8 Å². The summed E-state index contributed by atoms with van der Waals surface area (Å²) in [6.45, 7) is 1.12. The van der Waals surface area contributed by atoms with E-state index in [9.17, 15) is 4.79 Å². The van der Waals surface area contributed by atoms with Crippen LogP contribution in [0.4, 0.5) is 0 Å². The van der Waals surface area contributed by atoms with Gasteiger partial charge in [-0.3, -0.25) is 4.79 Å². The number of thioether (sulfide) groups is 1. The van der Waals surface area contributed by atoms with Crippen molar-refractivity contribution in [3.8, 4) is 0 Å². The second-order valence-electron chi connectivity index (χ2n) is 4.53. The molecule has 0 saturated heterocycles. The summed E-state index contributed by atoms with van der Waals surface area (Å²) in [5.74, 6) is 1.28. The molecule has 0 unspecified atom stereocenters. The lowest BCUT2D eigenvalue weighted by molar-refractivity contribution is -0.120. The van der Waals surface area contributed by atoms with Gasteiger partial charge in [0, 0.05) is 24.4 Å². The average molecular weight is 264 g/mol. The molecule has 1 amide bonds. The summed E-state index contributed by atoms with van der Waals surface area (Å²) in [7, 11) is 0. The van der Waals surface area contributed by atoms with Crippen molar-refractivity contribution in [2.24, 2.45) is 5.73 Å². The third kappa shape index (κ3) is 3.75. The van der Waals surface area contributed by atoms with E-state index in [0.717, 1.165) is 6.42 Å². The van der Waals surface area contributed by atoms with E-state index in [2.05, 4.69) is 23.5 Å². The Morgan fingerprint density at radius 2 is 2.33 bits per heavy atom. The largest absolute Gasteiger partial charge is 0.356 e. The van der Waals surface area contributed by atoms with E-state index in [1.807, 2.05) is 11.8 Å². The predicted molar refractivity (Wildman–Crippen MR) is 75.9 cm³/mol. The Balaban J connectivity index is 1.84. The molecule has 3 N–H and O–H groups in total. The lowest BCUT2D eigenvalue weighted by atomic mass is 10.0. The maximum atomic E-state index is 11.3. The van der Waals surface area contributed by atoms with Gasteiger partial charge in [-0.1, -0.05) is 12.1 Å². The van der Waals surface area contributed by atoms with Gasteiger partial charge in [-0.05, 0) is 42.2 Å². The highest BCUT2D eigenvalue weighted by Crippen LogP contribution is 2.30. The van der Waals surface area contributed by atoms with Gasteiger partial charge in [-0.25, -0.2) is 0 Å². The number of hydrogen-bond acceptors (Lipinski definition) is 3. The molecule has 1 aliphatic rings. The normalized spacial score (nSPS) is 14.1. The van der Waals surface area contributed by atoms with Gasteiger partial charge in [-0.15, -0.1) is 11.8 Å². The highest BCUT2D eigenvalue weighted by Gasteiger charge is 2.09. The first-order valence-corrected chi connectivity index (χ1v) is 7.49. The molecule has 98 valence electrons. The molecule has 0 aliphatic carbocycles. The summed E-state index contributed by atoms with van der Waals surface area (Å²) >= 11 is 1.95. The Kier molecular flexibility index (Phi) is 5.08. The molecule has 2 rings (SSSR count). The molecular weight excluding hydrogens is 244 g/mol. The van der Waals surface area contributed by atoms with Crippen molar-refractivity contribution >= 4 is 17.7 Å². The molecule has 0 spiro atoms. The zero-order valence-electron chi connectivity index (χ0n) is 10.6. The lowest BCUT2D eigenvalue weighted by Crippen LogP contribution is -2.27. The van der Waals surface area contributed by atoms with E-state index in [1.165, 1.54) is 34.6 Å². The minimum absolute atomic E-state index is 0.0472. The zero-order valence-corrected chi connectivity index (χ0v) is 11.4. The van der Waals surface area contributed by atoms with Gasteiger partial charge < -0.3 is 11.1 Å². The number of nitrogens with two attached hydrogens (primary N) is 1. The summed E-state index contributed by atoms with van der Waals surface area (Å²) in [6, 6.07) is 6.68. The van der Waals surface area contributed by atoms with Crippen molar-refractivity contribution in [1.29, 1.82) is 0 Å². The quantitative estimate of drug-likeness (QED) is 0.851. The van der Waals surface area contributed by atoms with E-state index >= 15 is 0 Å². The molecule has 3 nitrogen and oxygen atoms in total. The summed E-state index contributed by atoms with van der Waals surface area (Å²) < 4.78 is 0. The van der Waals surface area contributed by atoms with Crippen molar-refractivity contribution in [1.82, 2.24) is 5.32 Å². The molecule has 1 aliphatic heterocycles. The first kappa shape index (κ1) is 13.4. The van der Waals surface area contributed by atoms with Crippen LogP contribution in [0.1, 0.15) is 24.0 Å². The summed E-state index contributed by atoms with van der Waals surface area (Å²) in [5, 5.41) is 2.89. The molecule has 0 atom stereocenters. The highest BCUT2D eigenvalue weighted by atomic mass is 32.2. The smallest absolute Gasteiger partial charge is 0.221 e. The monoisotopic (exact) mass is 264 g/mol. The van der Waals surface area contributed by atoms with Crippen LogP contribution in [0.3, 0.4) is 0 Å². The van der Waals surface area contributed by atoms with Crippen molar-refractivity contribution in [2.75, 3.05) is 18.8 Å². The van der Waals surface area contributed by atoms with Gasteiger partial charge in [-0.2, -0.15) is 0 Å². The molecular formula is C14H20N2OS. The van der Waals surface area contributed by atoms with Crippen LogP contribution in [0.25, 0.3) is 0 Å². The van der Waals surface area contributed by atoms with Crippen LogP contribution in [0.5, 0.6) is 0 Å². The Hall–Kier alpha value is -1.00. The predicted octanol–water partition coefficient (Wildman–Crippen LogP) is 1.73. The SMILES string of the molecule is NCCC(=O)NCCc1ccc2c(c1)CCCS2. The van der Waals surface area contributed by atoms with Crippen LogP contribution in [-0.4, -0.2) is 24.7 Å². The van der Waals surface area contributed by atoms with Gasteiger partial charge in [0.25, 0.3) is 0 Å². The fraction of sp³-hybridized carbons (Fsp3) is 0.500. The minimum atomic E-state index is 0.0472. The van der Waals surface area contributed by atoms with E-state index in [0.29, 0.717) is 19.5 Å². The lowest BCUT2D eigenvalue weighted by Gasteiger charge is -2.16. The number of carbonyl (C=O) groups is 1. The number of fused-ring (bicyclic) bond motifs is 1. The summed E-state index contributed by atoms with van der Waals surface area (Å²) in [5.41, 5.74) is 8.10. The number of hydrogen-bond donors (Lipinski definition) is 2. The number of aryl methyl sites for hydroxylation is 1. The number of nitrogens with one attached hydrogen (secondary N) is 1. The van der Waals surface area contributed by atoms with Crippen molar-refractivity contribution in [3.05, 3.63) is 29.3 Å². The molecule has 0 fully saturated rings. The molecule has 1 aromatic rings. The standard InChI is InChI=1S/C14H20N2OS/c15-7-5-14(17)16-8-6-11-3-4-13-12(10-11)2-1-9-18-13/h3-4,10H,1-2,5-9,15H2,(H,16,17). The van der Waals surface area contributed by atoms with Gasteiger partial charge in [0.05, 0.1) is 0 Å². The topological polar surface area (TPSA) is 55.1 Å².